The molecule has 8 nitrogen and oxygen atoms in total. The Morgan fingerprint density at radius 2 is 1.81 bits per heavy atom. The smallest absolute Gasteiger partial charge is 0.232 e. The lowest BCUT2D eigenvalue weighted by Crippen LogP contribution is -2.39. The third kappa shape index (κ3) is 4.05. The van der Waals surface area contributed by atoms with E-state index in [1.807, 2.05) is 24.3 Å². The molecular weight excluding hydrogens is 272 g/mol. The number of carbonyl (C=O) groups is 2. The molecule has 0 atom stereocenters. The van der Waals surface area contributed by atoms with Crippen LogP contribution in [0.5, 0.6) is 0 Å². The van der Waals surface area contributed by atoms with Crippen molar-refractivity contribution in [2.24, 2.45) is 0 Å². The van der Waals surface area contributed by atoms with Crippen LogP contribution in [0.25, 0.3) is 5.69 Å². The molecule has 0 aliphatic heterocycles. The molecule has 0 bridgehead atoms. The SMILES string of the molecule is CC(=O)NNNc1ccc(-n2ccnc2NC(C)=O)cc1. The monoisotopic (exact) mass is 288 g/mol. The molecule has 0 radical (unpaired) electrons. The van der Waals surface area contributed by atoms with Gasteiger partial charge in [-0.05, 0) is 24.3 Å². The Morgan fingerprint density at radius 1 is 1.10 bits per heavy atom. The van der Waals surface area contributed by atoms with Crippen LogP contribution in [0.2, 0.25) is 0 Å². The van der Waals surface area contributed by atoms with Gasteiger partial charge in [-0.2, -0.15) is 0 Å². The zero-order chi connectivity index (χ0) is 15.2. The fourth-order valence-electron chi connectivity index (χ4n) is 1.66. The van der Waals surface area contributed by atoms with Crippen molar-refractivity contribution in [3.05, 3.63) is 36.7 Å². The van der Waals surface area contributed by atoms with Gasteiger partial charge in [-0.3, -0.25) is 24.9 Å². The Labute approximate surface area is 121 Å². The summed E-state index contributed by atoms with van der Waals surface area (Å²) in [5.41, 5.74) is 9.41. The van der Waals surface area contributed by atoms with Crippen molar-refractivity contribution in [1.82, 2.24) is 20.5 Å². The van der Waals surface area contributed by atoms with Gasteiger partial charge in [0.15, 0.2) is 0 Å². The number of aromatic nitrogens is 2. The van der Waals surface area contributed by atoms with Gasteiger partial charge in [-0.1, -0.05) is 0 Å². The van der Waals surface area contributed by atoms with Gasteiger partial charge in [-0.25, -0.2) is 4.98 Å². The number of hydrazine groups is 2. The lowest BCUT2D eigenvalue weighted by molar-refractivity contribution is -0.119. The zero-order valence-electron chi connectivity index (χ0n) is 11.7. The summed E-state index contributed by atoms with van der Waals surface area (Å²) >= 11 is 0. The van der Waals surface area contributed by atoms with Gasteiger partial charge >= 0.3 is 0 Å². The van der Waals surface area contributed by atoms with Gasteiger partial charge in [0.05, 0.1) is 5.69 Å². The first kappa shape index (κ1) is 14.5. The van der Waals surface area contributed by atoms with Gasteiger partial charge in [-0.15, -0.1) is 5.53 Å². The molecule has 8 heteroatoms. The highest BCUT2D eigenvalue weighted by atomic mass is 16.2. The van der Waals surface area contributed by atoms with Crippen LogP contribution in [0, 0.1) is 0 Å². The highest BCUT2D eigenvalue weighted by Gasteiger charge is 2.06. The molecule has 2 amide bonds. The minimum absolute atomic E-state index is 0.180. The predicted molar refractivity (Wildman–Crippen MR) is 78.4 cm³/mol. The average Bonchev–Trinajstić information content (AvgIpc) is 2.86. The van der Waals surface area contributed by atoms with E-state index in [0.29, 0.717) is 5.95 Å². The maximum Gasteiger partial charge on any atom is 0.232 e. The molecule has 0 spiro atoms. The number of hydrogen-bond acceptors (Lipinski definition) is 5. The minimum Gasteiger partial charge on any atom is -0.304 e. The van der Waals surface area contributed by atoms with Crippen molar-refractivity contribution in [2.45, 2.75) is 13.8 Å². The highest BCUT2D eigenvalue weighted by Crippen LogP contribution is 2.16. The van der Waals surface area contributed by atoms with E-state index < -0.39 is 0 Å². The quantitative estimate of drug-likeness (QED) is 0.610. The van der Waals surface area contributed by atoms with E-state index in [1.165, 1.54) is 13.8 Å². The molecule has 0 unspecified atom stereocenters. The van der Waals surface area contributed by atoms with E-state index in [-0.39, 0.29) is 11.8 Å². The van der Waals surface area contributed by atoms with Crippen LogP contribution in [-0.2, 0) is 9.59 Å². The molecule has 2 rings (SSSR count). The van der Waals surface area contributed by atoms with Gasteiger partial charge < -0.3 is 5.43 Å². The number of nitrogens with zero attached hydrogens (tertiary/aromatic N) is 2. The number of carbonyl (C=O) groups excluding carboxylic acids is 2. The third-order valence-electron chi connectivity index (χ3n) is 2.52. The Balaban J connectivity index is 2.07. The van der Waals surface area contributed by atoms with Crippen LogP contribution >= 0.6 is 0 Å². The van der Waals surface area contributed by atoms with Gasteiger partial charge in [0.2, 0.25) is 17.8 Å². The number of nitrogens with one attached hydrogen (secondary N) is 4. The van der Waals surface area contributed by atoms with Crippen LogP contribution in [0.4, 0.5) is 11.6 Å². The summed E-state index contributed by atoms with van der Waals surface area (Å²) in [5.74, 6) is 0.0808. The first-order valence-corrected chi connectivity index (χ1v) is 6.25. The first-order chi connectivity index (χ1) is 10.1. The molecule has 0 fully saturated rings. The van der Waals surface area contributed by atoms with E-state index in [4.69, 9.17) is 0 Å². The Kier molecular flexibility index (Phi) is 4.52. The largest absolute Gasteiger partial charge is 0.304 e. The van der Waals surface area contributed by atoms with Gasteiger partial charge in [0, 0.05) is 31.9 Å². The van der Waals surface area contributed by atoms with Crippen molar-refractivity contribution < 1.29 is 9.59 Å². The molecule has 0 aliphatic carbocycles. The van der Waals surface area contributed by atoms with Crippen LogP contribution in [0.1, 0.15) is 13.8 Å². The van der Waals surface area contributed by atoms with E-state index in [1.54, 1.807) is 17.0 Å². The number of rotatable bonds is 5. The minimum atomic E-state index is -0.197. The normalized spacial score (nSPS) is 10.0. The van der Waals surface area contributed by atoms with E-state index >= 15 is 0 Å². The van der Waals surface area contributed by atoms with Crippen molar-refractivity contribution in [3.63, 3.8) is 0 Å². The van der Waals surface area contributed by atoms with Crippen molar-refractivity contribution in [2.75, 3.05) is 10.7 Å². The third-order valence-corrected chi connectivity index (χ3v) is 2.52. The molecule has 21 heavy (non-hydrogen) atoms. The van der Waals surface area contributed by atoms with E-state index in [9.17, 15) is 9.59 Å². The molecule has 4 N–H and O–H groups in total. The second kappa shape index (κ2) is 6.53. The fourth-order valence-corrected chi connectivity index (χ4v) is 1.66. The Morgan fingerprint density at radius 3 is 2.43 bits per heavy atom. The molecular formula is C13H16N6O2. The summed E-state index contributed by atoms with van der Waals surface area (Å²) in [6.07, 6.45) is 3.36. The van der Waals surface area contributed by atoms with Crippen LogP contribution < -0.4 is 21.7 Å². The first-order valence-electron chi connectivity index (χ1n) is 6.25. The van der Waals surface area contributed by atoms with Crippen molar-refractivity contribution >= 4 is 23.5 Å². The van der Waals surface area contributed by atoms with E-state index in [0.717, 1.165) is 11.4 Å². The number of anilines is 2. The standard InChI is InChI=1S/C13H16N6O2/c1-9(20)15-13-14-7-8-19(13)12-5-3-11(4-6-12)17-18-16-10(2)21/h3-8,17-18H,1-2H3,(H,16,21)(H,14,15,20). The molecule has 0 aliphatic rings. The lowest BCUT2D eigenvalue weighted by Gasteiger charge is -2.11. The maximum atomic E-state index is 11.1. The van der Waals surface area contributed by atoms with E-state index in [2.05, 4.69) is 26.7 Å². The molecule has 2 aromatic rings. The fraction of sp³-hybridized carbons (Fsp3) is 0.154. The average molecular weight is 288 g/mol. The number of imidazole rings is 1. The van der Waals surface area contributed by atoms with Crippen molar-refractivity contribution in [1.29, 1.82) is 0 Å². The molecule has 1 heterocycles. The summed E-state index contributed by atoms with van der Waals surface area (Å²) < 4.78 is 1.76. The van der Waals surface area contributed by atoms with Crippen LogP contribution in [0.3, 0.4) is 0 Å². The molecule has 0 saturated carbocycles. The highest BCUT2D eigenvalue weighted by molar-refractivity contribution is 5.87. The van der Waals surface area contributed by atoms with Crippen LogP contribution in [0.15, 0.2) is 36.7 Å². The molecule has 1 aromatic carbocycles. The predicted octanol–water partition coefficient (Wildman–Crippen LogP) is 0.798. The number of hydrogen-bond donors (Lipinski definition) is 4. The van der Waals surface area contributed by atoms with Gasteiger partial charge in [0.1, 0.15) is 0 Å². The molecule has 110 valence electrons. The second-order valence-electron chi connectivity index (χ2n) is 4.28. The summed E-state index contributed by atoms with van der Waals surface area (Å²) in [6.45, 7) is 2.83. The van der Waals surface area contributed by atoms with Crippen molar-refractivity contribution in [3.8, 4) is 5.69 Å². The van der Waals surface area contributed by atoms with Crippen LogP contribution in [-0.4, -0.2) is 21.4 Å². The zero-order valence-corrected chi connectivity index (χ0v) is 11.7. The molecule has 1 aromatic heterocycles. The second-order valence-corrected chi connectivity index (χ2v) is 4.28. The summed E-state index contributed by atoms with van der Waals surface area (Å²) in [4.78, 5) is 25.9. The number of amides is 2. The Hall–Kier alpha value is -2.87. The summed E-state index contributed by atoms with van der Waals surface area (Å²) in [6, 6.07) is 7.35. The molecule has 0 saturated heterocycles. The van der Waals surface area contributed by atoms with Gasteiger partial charge in [0.25, 0.3) is 0 Å². The summed E-state index contributed by atoms with van der Waals surface area (Å²) in [5, 5.41) is 2.65. The number of benzene rings is 1. The topological polar surface area (TPSA) is 100 Å². The maximum absolute atomic E-state index is 11.1. The summed E-state index contributed by atoms with van der Waals surface area (Å²) in [7, 11) is 0. The Bertz CT molecular complexity index is 634. The lowest BCUT2D eigenvalue weighted by atomic mass is 10.3.